The molecule has 1 fully saturated rings. The number of rotatable bonds is 8. The Morgan fingerprint density at radius 3 is 2.32 bits per heavy atom. The van der Waals surface area contributed by atoms with E-state index < -0.39 is 0 Å². The molecule has 4 N–H and O–H groups in total. The summed E-state index contributed by atoms with van der Waals surface area (Å²) in [5.74, 6) is 1.25. The summed E-state index contributed by atoms with van der Waals surface area (Å²) >= 11 is 0. The average Bonchev–Trinajstić information content (AvgIpc) is 2.75. The molecule has 0 aliphatic carbocycles. The first-order valence-electron chi connectivity index (χ1n) is 10.7. The molecule has 0 radical (unpaired) electrons. The molecule has 1 heterocycles. The maximum Gasteiger partial charge on any atom is 0.193 e. The first-order chi connectivity index (χ1) is 14.5. The molecule has 0 amide bonds. The lowest BCUT2D eigenvalue weighted by Crippen LogP contribution is -2.53. The lowest BCUT2D eigenvalue weighted by atomic mass is 9.88. The Balaban J connectivity index is 0.00000341. The number of nitrogens with two attached hydrogens (primary N) is 1. The summed E-state index contributed by atoms with van der Waals surface area (Å²) in [4.78, 5) is 4.67. The molecule has 0 bridgehead atoms. The van der Waals surface area contributed by atoms with E-state index in [1.807, 2.05) is 44.2 Å². The quantitative estimate of drug-likeness (QED) is 0.258. The van der Waals surface area contributed by atoms with Crippen molar-refractivity contribution in [1.82, 2.24) is 5.32 Å². The average molecular weight is 538 g/mol. The van der Waals surface area contributed by atoms with Crippen LogP contribution in [0.4, 0.5) is 5.69 Å². The number of guanidine groups is 1. The molecule has 1 unspecified atom stereocenters. The van der Waals surface area contributed by atoms with Gasteiger partial charge in [0.2, 0.25) is 0 Å². The maximum absolute atomic E-state index is 6.19. The van der Waals surface area contributed by atoms with Crippen molar-refractivity contribution in [3.05, 3.63) is 60.2 Å². The minimum Gasteiger partial charge on any atom is -0.491 e. The number of ether oxygens (including phenoxy) is 2. The fraction of sp³-hybridized carbons (Fsp3) is 0.458. The van der Waals surface area contributed by atoms with Gasteiger partial charge in [0.05, 0.1) is 12.6 Å². The van der Waals surface area contributed by atoms with Crippen molar-refractivity contribution < 1.29 is 9.47 Å². The molecule has 0 spiro atoms. The van der Waals surface area contributed by atoms with E-state index in [9.17, 15) is 0 Å². The highest BCUT2D eigenvalue weighted by molar-refractivity contribution is 14.0. The van der Waals surface area contributed by atoms with E-state index >= 15 is 0 Å². The van der Waals surface area contributed by atoms with Gasteiger partial charge in [0.25, 0.3) is 0 Å². The normalized spacial score (nSPS) is 17.0. The second-order valence-corrected chi connectivity index (χ2v) is 8.19. The summed E-state index contributed by atoms with van der Waals surface area (Å²) in [6.07, 6.45) is 1.96. The van der Waals surface area contributed by atoms with E-state index in [0.29, 0.717) is 12.5 Å². The Morgan fingerprint density at radius 1 is 1.06 bits per heavy atom. The third-order valence-electron chi connectivity index (χ3n) is 5.32. The van der Waals surface area contributed by atoms with Crippen LogP contribution in [0.3, 0.4) is 0 Å². The van der Waals surface area contributed by atoms with Crippen LogP contribution in [-0.2, 0) is 4.74 Å². The predicted molar refractivity (Wildman–Crippen MR) is 139 cm³/mol. The van der Waals surface area contributed by atoms with Crippen molar-refractivity contribution in [2.45, 2.75) is 51.3 Å². The zero-order chi connectivity index (χ0) is 21.4. The van der Waals surface area contributed by atoms with E-state index in [-0.39, 0.29) is 41.7 Å². The molecule has 7 heteroatoms. The van der Waals surface area contributed by atoms with E-state index in [1.165, 1.54) is 5.56 Å². The SMILES string of the molecule is CC(C)Oc1ccc(NC(N)=NCC2(NC(C)c3ccccc3)CCOCC2)cc1.I. The fourth-order valence-electron chi connectivity index (χ4n) is 3.71. The highest BCUT2D eigenvalue weighted by atomic mass is 127. The van der Waals surface area contributed by atoms with Gasteiger partial charge >= 0.3 is 0 Å². The van der Waals surface area contributed by atoms with Gasteiger partial charge in [-0.05, 0) is 63.4 Å². The summed E-state index contributed by atoms with van der Waals surface area (Å²) in [5, 5.41) is 6.98. The summed E-state index contributed by atoms with van der Waals surface area (Å²) in [5.41, 5.74) is 8.21. The van der Waals surface area contributed by atoms with Crippen LogP contribution in [0.1, 0.15) is 45.2 Å². The lowest BCUT2D eigenvalue weighted by molar-refractivity contribution is 0.0375. The molecule has 0 saturated carbocycles. The van der Waals surface area contributed by atoms with Crippen molar-refractivity contribution in [3.8, 4) is 5.75 Å². The van der Waals surface area contributed by atoms with Crippen molar-refractivity contribution in [1.29, 1.82) is 0 Å². The minimum atomic E-state index is -0.130. The monoisotopic (exact) mass is 538 g/mol. The topological polar surface area (TPSA) is 80.9 Å². The Kier molecular flexibility index (Phi) is 10.1. The standard InChI is InChI=1S/C24H34N4O2.HI/c1-18(2)30-22-11-9-21(10-12-22)27-23(25)26-17-24(13-15-29-16-14-24)28-19(3)20-7-5-4-6-8-20;/h4-12,18-19,28H,13-17H2,1-3H3,(H3,25,26,27);1H. The second kappa shape index (κ2) is 12.3. The number of hydrogen-bond acceptors (Lipinski definition) is 4. The number of nitrogens with zero attached hydrogens (tertiary/aromatic N) is 1. The van der Waals surface area contributed by atoms with Crippen molar-refractivity contribution in [3.63, 3.8) is 0 Å². The van der Waals surface area contributed by atoms with Gasteiger partial charge in [0, 0.05) is 30.5 Å². The molecule has 2 aromatic carbocycles. The molecular weight excluding hydrogens is 503 g/mol. The Bertz CT molecular complexity index is 806. The van der Waals surface area contributed by atoms with Crippen molar-refractivity contribution in [2.24, 2.45) is 10.7 Å². The van der Waals surface area contributed by atoms with Gasteiger partial charge in [-0.3, -0.25) is 4.99 Å². The molecule has 2 aromatic rings. The predicted octanol–water partition coefficient (Wildman–Crippen LogP) is 4.72. The molecule has 1 aliphatic heterocycles. The summed E-state index contributed by atoms with van der Waals surface area (Å²) in [6, 6.07) is 18.5. The molecule has 31 heavy (non-hydrogen) atoms. The number of benzene rings is 2. The van der Waals surface area contributed by atoms with Crippen LogP contribution < -0.4 is 21.1 Å². The van der Waals surface area contributed by atoms with Gasteiger partial charge in [-0.1, -0.05) is 30.3 Å². The van der Waals surface area contributed by atoms with Gasteiger partial charge in [-0.25, -0.2) is 0 Å². The number of hydrogen-bond donors (Lipinski definition) is 3. The lowest BCUT2D eigenvalue weighted by Gasteiger charge is -2.39. The maximum atomic E-state index is 6.19. The Morgan fingerprint density at radius 2 is 1.71 bits per heavy atom. The van der Waals surface area contributed by atoms with Crippen molar-refractivity contribution in [2.75, 3.05) is 25.1 Å². The zero-order valence-electron chi connectivity index (χ0n) is 18.6. The molecule has 1 atom stereocenters. The number of aliphatic imine (C=N–C) groups is 1. The largest absolute Gasteiger partial charge is 0.491 e. The number of nitrogens with one attached hydrogen (secondary N) is 2. The Hall–Kier alpha value is -1.84. The van der Waals surface area contributed by atoms with Crippen molar-refractivity contribution >= 4 is 35.6 Å². The summed E-state index contributed by atoms with van der Waals surface area (Å²) < 4.78 is 11.3. The highest BCUT2D eigenvalue weighted by Gasteiger charge is 2.33. The van der Waals surface area contributed by atoms with Gasteiger partial charge in [-0.15, -0.1) is 24.0 Å². The van der Waals surface area contributed by atoms with E-state index in [1.54, 1.807) is 0 Å². The molecule has 1 saturated heterocycles. The first-order valence-corrected chi connectivity index (χ1v) is 10.7. The molecule has 170 valence electrons. The summed E-state index contributed by atoms with van der Waals surface area (Å²) in [7, 11) is 0. The van der Waals surface area contributed by atoms with E-state index in [0.717, 1.165) is 37.5 Å². The summed E-state index contributed by atoms with van der Waals surface area (Å²) in [6.45, 7) is 8.27. The third-order valence-corrected chi connectivity index (χ3v) is 5.32. The Labute approximate surface area is 203 Å². The smallest absolute Gasteiger partial charge is 0.193 e. The van der Waals surface area contributed by atoms with Crippen LogP contribution >= 0.6 is 24.0 Å². The number of halogens is 1. The zero-order valence-corrected chi connectivity index (χ0v) is 21.0. The third kappa shape index (κ3) is 7.97. The first kappa shape index (κ1) is 25.4. The van der Waals surface area contributed by atoms with Gasteiger partial charge in [0.1, 0.15) is 5.75 Å². The second-order valence-electron chi connectivity index (χ2n) is 8.19. The number of anilines is 1. The van der Waals surface area contributed by atoms with Gasteiger partial charge in [0.15, 0.2) is 5.96 Å². The van der Waals surface area contributed by atoms with Crippen LogP contribution in [0.25, 0.3) is 0 Å². The van der Waals surface area contributed by atoms with Gasteiger partial charge in [-0.2, -0.15) is 0 Å². The molecule has 3 rings (SSSR count). The van der Waals surface area contributed by atoms with E-state index in [4.69, 9.17) is 15.2 Å². The molecule has 0 aromatic heterocycles. The van der Waals surface area contributed by atoms with Crippen LogP contribution in [0.2, 0.25) is 0 Å². The molecular formula is C24H35IN4O2. The molecule has 6 nitrogen and oxygen atoms in total. The highest BCUT2D eigenvalue weighted by Crippen LogP contribution is 2.26. The van der Waals surface area contributed by atoms with Crippen LogP contribution in [-0.4, -0.2) is 37.4 Å². The fourth-order valence-corrected chi connectivity index (χ4v) is 3.71. The van der Waals surface area contributed by atoms with Crippen LogP contribution in [0.15, 0.2) is 59.6 Å². The van der Waals surface area contributed by atoms with Crippen LogP contribution in [0.5, 0.6) is 5.75 Å². The van der Waals surface area contributed by atoms with E-state index in [2.05, 4.69) is 46.8 Å². The van der Waals surface area contributed by atoms with Crippen LogP contribution in [0, 0.1) is 0 Å². The molecule has 1 aliphatic rings. The van der Waals surface area contributed by atoms with Gasteiger partial charge < -0.3 is 25.8 Å². The minimum absolute atomic E-state index is 0.